The van der Waals surface area contributed by atoms with Crippen molar-refractivity contribution < 1.29 is 0 Å². The molecule has 1 atom stereocenters. The van der Waals surface area contributed by atoms with E-state index in [1.165, 1.54) is 0 Å². The van der Waals surface area contributed by atoms with E-state index < -0.39 is 0 Å². The Bertz CT molecular complexity index is 312. The number of halogens is 1. The number of aromatic amines is 1. The highest BCUT2D eigenvalue weighted by molar-refractivity contribution is 6.28. The Hall–Kier alpha value is -0.650. The standard InChI is InChI=1S/C8H14ClN5/c1-13-3-4-14(2)6(5-13)7-10-8(9)12-11-7/h6H,3-5H2,1-2H3,(H,10,11,12). The fraction of sp³-hybridized carbons (Fsp3) is 0.750. The van der Waals surface area contributed by atoms with Crippen molar-refractivity contribution in [3.05, 3.63) is 11.1 Å². The van der Waals surface area contributed by atoms with Gasteiger partial charge in [0.25, 0.3) is 0 Å². The van der Waals surface area contributed by atoms with Gasteiger partial charge >= 0.3 is 0 Å². The molecule has 2 rings (SSSR count). The summed E-state index contributed by atoms with van der Waals surface area (Å²) < 4.78 is 0. The first-order valence-corrected chi connectivity index (χ1v) is 5.01. The molecule has 6 heteroatoms. The average Bonchev–Trinajstić information content (AvgIpc) is 2.56. The Balaban J connectivity index is 2.15. The summed E-state index contributed by atoms with van der Waals surface area (Å²) in [7, 11) is 4.20. The molecule has 0 bridgehead atoms. The summed E-state index contributed by atoms with van der Waals surface area (Å²) in [6.07, 6.45) is 0. The number of nitrogens with zero attached hydrogens (tertiary/aromatic N) is 4. The zero-order chi connectivity index (χ0) is 10.1. The first-order valence-electron chi connectivity index (χ1n) is 4.63. The van der Waals surface area contributed by atoms with Crippen LogP contribution in [0.1, 0.15) is 11.9 Å². The first-order chi connectivity index (χ1) is 6.66. The Morgan fingerprint density at radius 2 is 2.21 bits per heavy atom. The molecule has 2 heterocycles. The maximum absolute atomic E-state index is 5.68. The Morgan fingerprint density at radius 3 is 2.86 bits per heavy atom. The van der Waals surface area contributed by atoms with Crippen LogP contribution < -0.4 is 0 Å². The lowest BCUT2D eigenvalue weighted by molar-refractivity contribution is 0.110. The minimum atomic E-state index is 0.272. The fourth-order valence-electron chi connectivity index (χ4n) is 1.71. The molecule has 0 spiro atoms. The number of hydrogen-bond donors (Lipinski definition) is 1. The van der Waals surface area contributed by atoms with E-state index in [1.807, 2.05) is 0 Å². The Morgan fingerprint density at radius 1 is 1.43 bits per heavy atom. The largest absolute Gasteiger partial charge is 0.303 e. The molecule has 78 valence electrons. The number of piperazine rings is 1. The third-order valence-corrected chi connectivity index (χ3v) is 2.81. The molecule has 1 aliphatic heterocycles. The fourth-order valence-corrected chi connectivity index (χ4v) is 1.84. The second-order valence-electron chi connectivity index (χ2n) is 3.75. The molecule has 1 aliphatic rings. The van der Waals surface area contributed by atoms with Crippen LogP contribution in [0.4, 0.5) is 0 Å². The van der Waals surface area contributed by atoms with Crippen molar-refractivity contribution in [1.29, 1.82) is 0 Å². The number of hydrogen-bond acceptors (Lipinski definition) is 4. The van der Waals surface area contributed by atoms with Crippen LogP contribution in [0.3, 0.4) is 0 Å². The van der Waals surface area contributed by atoms with Crippen LogP contribution in [-0.2, 0) is 0 Å². The first kappa shape index (κ1) is 9.89. The van der Waals surface area contributed by atoms with Gasteiger partial charge < -0.3 is 4.90 Å². The van der Waals surface area contributed by atoms with Crippen molar-refractivity contribution in [2.75, 3.05) is 33.7 Å². The molecular weight excluding hydrogens is 202 g/mol. The molecule has 1 saturated heterocycles. The lowest BCUT2D eigenvalue weighted by atomic mass is 10.2. The van der Waals surface area contributed by atoms with Crippen LogP contribution in [-0.4, -0.2) is 58.7 Å². The third-order valence-electron chi connectivity index (χ3n) is 2.64. The monoisotopic (exact) mass is 215 g/mol. The van der Waals surface area contributed by atoms with E-state index >= 15 is 0 Å². The van der Waals surface area contributed by atoms with Crippen LogP contribution in [0, 0.1) is 0 Å². The lowest BCUT2D eigenvalue weighted by Crippen LogP contribution is -2.45. The summed E-state index contributed by atoms with van der Waals surface area (Å²) in [5.41, 5.74) is 0. The number of H-pyrrole nitrogens is 1. The predicted molar refractivity (Wildman–Crippen MR) is 54.3 cm³/mol. The van der Waals surface area contributed by atoms with Gasteiger partial charge in [-0.05, 0) is 25.7 Å². The molecule has 0 radical (unpaired) electrons. The second-order valence-corrected chi connectivity index (χ2v) is 4.09. The van der Waals surface area contributed by atoms with Gasteiger partial charge in [0.1, 0.15) is 5.82 Å². The van der Waals surface area contributed by atoms with E-state index in [1.54, 1.807) is 0 Å². The number of rotatable bonds is 1. The van der Waals surface area contributed by atoms with Crippen LogP contribution in [0.2, 0.25) is 5.28 Å². The van der Waals surface area contributed by atoms with Crippen LogP contribution in [0.15, 0.2) is 0 Å². The van der Waals surface area contributed by atoms with Gasteiger partial charge in [0.15, 0.2) is 0 Å². The van der Waals surface area contributed by atoms with Gasteiger partial charge in [-0.3, -0.25) is 10.00 Å². The predicted octanol–water partition coefficient (Wildman–Crippen LogP) is 0.376. The summed E-state index contributed by atoms with van der Waals surface area (Å²) in [5, 5.41) is 6.99. The van der Waals surface area contributed by atoms with E-state index in [0.717, 1.165) is 25.5 Å². The summed E-state index contributed by atoms with van der Waals surface area (Å²) in [6.45, 7) is 3.09. The molecule has 5 nitrogen and oxygen atoms in total. The zero-order valence-corrected chi connectivity index (χ0v) is 9.12. The zero-order valence-electron chi connectivity index (χ0n) is 8.37. The topological polar surface area (TPSA) is 48.1 Å². The molecule has 0 aromatic carbocycles. The van der Waals surface area contributed by atoms with Gasteiger partial charge in [0.05, 0.1) is 6.04 Å². The molecule has 1 unspecified atom stereocenters. The summed E-state index contributed by atoms with van der Waals surface area (Å²) >= 11 is 5.68. The molecule has 1 fully saturated rings. The van der Waals surface area contributed by atoms with Crippen molar-refractivity contribution in [1.82, 2.24) is 25.0 Å². The van der Waals surface area contributed by atoms with Crippen LogP contribution in [0.25, 0.3) is 0 Å². The quantitative estimate of drug-likeness (QED) is 0.736. The normalized spacial score (nSPS) is 25.5. The number of aromatic nitrogens is 3. The summed E-state index contributed by atoms with van der Waals surface area (Å²) in [6, 6.07) is 0.272. The van der Waals surface area contributed by atoms with Crippen molar-refractivity contribution in [2.45, 2.75) is 6.04 Å². The Kier molecular flexibility index (Phi) is 2.71. The number of nitrogens with one attached hydrogen (secondary N) is 1. The molecule has 0 amide bonds. The van der Waals surface area contributed by atoms with Crippen LogP contribution in [0.5, 0.6) is 0 Å². The van der Waals surface area contributed by atoms with E-state index in [0.29, 0.717) is 5.28 Å². The highest BCUT2D eigenvalue weighted by Gasteiger charge is 2.26. The molecule has 1 aromatic rings. The van der Waals surface area contributed by atoms with Gasteiger partial charge in [-0.25, -0.2) is 4.98 Å². The highest BCUT2D eigenvalue weighted by Crippen LogP contribution is 2.20. The van der Waals surface area contributed by atoms with Crippen molar-refractivity contribution in [3.63, 3.8) is 0 Å². The van der Waals surface area contributed by atoms with Crippen molar-refractivity contribution >= 4 is 11.6 Å². The second kappa shape index (κ2) is 3.84. The van der Waals surface area contributed by atoms with Crippen LogP contribution >= 0.6 is 11.6 Å². The molecule has 0 saturated carbocycles. The maximum atomic E-state index is 5.68. The molecule has 14 heavy (non-hydrogen) atoms. The summed E-state index contributed by atoms with van der Waals surface area (Å²) in [4.78, 5) is 8.69. The molecule has 1 N–H and O–H groups in total. The average molecular weight is 216 g/mol. The smallest absolute Gasteiger partial charge is 0.242 e. The molecular formula is C8H14ClN5. The minimum Gasteiger partial charge on any atom is -0.303 e. The molecule has 0 aliphatic carbocycles. The highest BCUT2D eigenvalue weighted by atomic mass is 35.5. The van der Waals surface area contributed by atoms with Gasteiger partial charge in [0, 0.05) is 19.6 Å². The van der Waals surface area contributed by atoms with E-state index in [-0.39, 0.29) is 6.04 Å². The minimum absolute atomic E-state index is 0.272. The van der Waals surface area contributed by atoms with E-state index in [9.17, 15) is 0 Å². The van der Waals surface area contributed by atoms with Gasteiger partial charge in [0.2, 0.25) is 5.28 Å². The Labute approximate surface area is 88.1 Å². The SMILES string of the molecule is CN1CCN(C)C(c2nc(Cl)n[nH]2)C1. The van der Waals surface area contributed by atoms with Gasteiger partial charge in [-0.1, -0.05) is 0 Å². The molecule has 1 aromatic heterocycles. The van der Waals surface area contributed by atoms with Gasteiger partial charge in [-0.15, -0.1) is 5.10 Å². The maximum Gasteiger partial charge on any atom is 0.242 e. The third kappa shape index (κ3) is 1.89. The van der Waals surface area contributed by atoms with Crippen molar-refractivity contribution in [2.24, 2.45) is 0 Å². The summed E-state index contributed by atoms with van der Waals surface area (Å²) in [5.74, 6) is 0.851. The number of likely N-dealkylation sites (N-methyl/N-ethyl adjacent to an activating group) is 2. The van der Waals surface area contributed by atoms with E-state index in [2.05, 4.69) is 39.1 Å². The van der Waals surface area contributed by atoms with E-state index in [4.69, 9.17) is 11.6 Å². The van der Waals surface area contributed by atoms with Gasteiger partial charge in [-0.2, -0.15) is 0 Å². The lowest BCUT2D eigenvalue weighted by Gasteiger charge is -2.36. The van der Waals surface area contributed by atoms with Crippen molar-refractivity contribution in [3.8, 4) is 0 Å².